The van der Waals surface area contributed by atoms with Crippen molar-refractivity contribution in [2.75, 3.05) is 20.3 Å². The van der Waals surface area contributed by atoms with E-state index in [1.54, 1.807) is 4.57 Å². The summed E-state index contributed by atoms with van der Waals surface area (Å²) in [6.07, 6.45) is 1.26. The number of rotatable bonds is 3. The minimum Gasteiger partial charge on any atom is -0.494 e. The summed E-state index contributed by atoms with van der Waals surface area (Å²) in [6, 6.07) is 7.50. The zero-order valence-corrected chi connectivity index (χ0v) is 13.2. The molecule has 1 amide bonds. The van der Waals surface area contributed by atoms with Gasteiger partial charge in [0.15, 0.2) is 4.80 Å². The van der Waals surface area contributed by atoms with E-state index in [0.29, 0.717) is 18.0 Å². The molecule has 0 aliphatic carbocycles. The third-order valence-electron chi connectivity index (χ3n) is 3.16. The van der Waals surface area contributed by atoms with Gasteiger partial charge in [-0.15, -0.1) is 0 Å². The number of thiazole rings is 1. The second kappa shape index (κ2) is 6.66. The maximum atomic E-state index is 12.2. The van der Waals surface area contributed by atoms with Crippen LogP contribution in [-0.2, 0) is 30.3 Å². The molecule has 3 rings (SSSR count). The summed E-state index contributed by atoms with van der Waals surface area (Å²) in [5, 5.41) is 0. The average Bonchev–Trinajstić information content (AvgIpc) is 2.93. The normalized spacial score (nSPS) is 14.8. The van der Waals surface area contributed by atoms with Crippen LogP contribution in [-0.4, -0.2) is 36.8 Å². The summed E-state index contributed by atoms with van der Waals surface area (Å²) in [5.74, 6) is -0.910. The van der Waals surface area contributed by atoms with Gasteiger partial charge in [0.05, 0.1) is 17.3 Å². The van der Waals surface area contributed by atoms with Crippen LogP contribution in [0.1, 0.15) is 0 Å². The zero-order chi connectivity index (χ0) is 16.2. The van der Waals surface area contributed by atoms with Gasteiger partial charge in [0.25, 0.3) is 0 Å². The number of para-hydroxylation sites is 1. The third kappa shape index (κ3) is 3.26. The molecule has 0 atom stereocenters. The molecule has 120 valence electrons. The lowest BCUT2D eigenvalue weighted by Crippen LogP contribution is -2.23. The largest absolute Gasteiger partial charge is 0.494 e. The highest BCUT2D eigenvalue weighted by atomic mass is 32.1. The number of aromatic nitrogens is 1. The molecule has 0 fully saturated rings. The number of hydrogen-bond donors (Lipinski definition) is 0. The van der Waals surface area contributed by atoms with Crippen LogP contribution in [0, 0.1) is 0 Å². The highest BCUT2D eigenvalue weighted by Crippen LogP contribution is 2.17. The maximum absolute atomic E-state index is 12.2. The van der Waals surface area contributed by atoms with Gasteiger partial charge in [-0.25, -0.2) is 0 Å². The quantitative estimate of drug-likeness (QED) is 0.788. The molecule has 2 heterocycles. The summed E-state index contributed by atoms with van der Waals surface area (Å²) in [6.45, 7) is 0.687. The Labute approximate surface area is 135 Å². The van der Waals surface area contributed by atoms with Crippen LogP contribution in [0.15, 0.2) is 41.3 Å². The maximum Gasteiger partial charge on any atom is 0.325 e. The first-order valence-corrected chi connectivity index (χ1v) is 7.69. The first kappa shape index (κ1) is 15.3. The van der Waals surface area contributed by atoms with Crippen molar-refractivity contribution < 1.29 is 23.8 Å². The predicted octanol–water partition coefficient (Wildman–Crippen LogP) is 1.19. The molecule has 1 aliphatic rings. The van der Waals surface area contributed by atoms with Gasteiger partial charge in [0.1, 0.15) is 26.0 Å². The fraction of sp³-hybridized carbons (Fsp3) is 0.267. The van der Waals surface area contributed by atoms with E-state index >= 15 is 0 Å². The minimum atomic E-state index is -0.546. The number of methoxy groups -OCH3 is 1. The number of esters is 1. The van der Waals surface area contributed by atoms with E-state index in [1.165, 1.54) is 24.7 Å². The molecule has 1 aliphatic heterocycles. The van der Waals surface area contributed by atoms with E-state index in [4.69, 9.17) is 14.2 Å². The Hall–Kier alpha value is -2.61. The zero-order valence-electron chi connectivity index (χ0n) is 12.4. The van der Waals surface area contributed by atoms with Gasteiger partial charge >= 0.3 is 11.9 Å². The smallest absolute Gasteiger partial charge is 0.325 e. The molecule has 2 aromatic rings. The second-order valence-corrected chi connectivity index (χ2v) is 5.64. The van der Waals surface area contributed by atoms with Crippen molar-refractivity contribution in [3.8, 4) is 0 Å². The highest BCUT2D eigenvalue weighted by molar-refractivity contribution is 7.16. The molecule has 0 saturated heterocycles. The van der Waals surface area contributed by atoms with Gasteiger partial charge in [-0.05, 0) is 12.1 Å². The Morgan fingerprint density at radius 3 is 2.91 bits per heavy atom. The highest BCUT2D eigenvalue weighted by Gasteiger charge is 2.16. The molecule has 7 nitrogen and oxygen atoms in total. The molecule has 0 unspecified atom stereocenters. The molecule has 0 bridgehead atoms. The number of amides is 1. The Morgan fingerprint density at radius 1 is 1.35 bits per heavy atom. The molecule has 0 spiro atoms. The molecule has 0 radical (unpaired) electrons. The van der Waals surface area contributed by atoms with Crippen molar-refractivity contribution in [3.05, 3.63) is 41.1 Å². The minimum absolute atomic E-state index is 0.0248. The lowest BCUT2D eigenvalue weighted by molar-refractivity contribution is -0.141. The number of ether oxygens (including phenoxy) is 3. The molecule has 23 heavy (non-hydrogen) atoms. The van der Waals surface area contributed by atoms with Crippen molar-refractivity contribution in [1.29, 1.82) is 0 Å². The van der Waals surface area contributed by atoms with Gasteiger partial charge in [-0.3, -0.25) is 9.59 Å². The van der Waals surface area contributed by atoms with Crippen LogP contribution in [0.4, 0.5) is 0 Å². The predicted molar refractivity (Wildman–Crippen MR) is 82.4 cm³/mol. The number of nitrogens with zero attached hydrogens (tertiary/aromatic N) is 2. The molecular weight excluding hydrogens is 320 g/mol. The molecule has 1 aromatic heterocycles. The van der Waals surface area contributed by atoms with Crippen LogP contribution < -0.4 is 4.80 Å². The van der Waals surface area contributed by atoms with Crippen LogP contribution in [0.3, 0.4) is 0 Å². The molecular formula is C15H14N2O5S. The van der Waals surface area contributed by atoms with Crippen LogP contribution in [0.2, 0.25) is 0 Å². The monoisotopic (exact) mass is 334 g/mol. The summed E-state index contributed by atoms with van der Waals surface area (Å²) < 4.78 is 17.6. The molecule has 1 aromatic carbocycles. The standard InChI is InChI=1S/C15H14N2O5S/c1-20-13(18)8-17-10-4-2-3-5-12(10)23-15(17)16-14(19)11-9-21-6-7-22-11/h2-5,9H,6-8H2,1H3. The van der Waals surface area contributed by atoms with Crippen molar-refractivity contribution in [2.45, 2.75) is 6.54 Å². The average molecular weight is 334 g/mol. The molecule has 0 saturated carbocycles. The lowest BCUT2D eigenvalue weighted by atomic mass is 10.3. The van der Waals surface area contributed by atoms with Crippen LogP contribution >= 0.6 is 11.3 Å². The van der Waals surface area contributed by atoms with E-state index in [9.17, 15) is 9.59 Å². The van der Waals surface area contributed by atoms with E-state index in [2.05, 4.69) is 4.99 Å². The Kier molecular flexibility index (Phi) is 4.42. The van der Waals surface area contributed by atoms with Gasteiger partial charge in [0, 0.05) is 0 Å². The van der Waals surface area contributed by atoms with Crippen molar-refractivity contribution in [3.63, 3.8) is 0 Å². The fourth-order valence-corrected chi connectivity index (χ4v) is 3.10. The summed E-state index contributed by atoms with van der Waals surface area (Å²) >= 11 is 1.31. The Morgan fingerprint density at radius 2 is 2.17 bits per heavy atom. The van der Waals surface area contributed by atoms with E-state index < -0.39 is 11.9 Å². The first-order valence-electron chi connectivity index (χ1n) is 6.88. The van der Waals surface area contributed by atoms with Crippen molar-refractivity contribution in [1.82, 2.24) is 4.57 Å². The second-order valence-electron chi connectivity index (χ2n) is 4.63. The lowest BCUT2D eigenvalue weighted by Gasteiger charge is -2.12. The van der Waals surface area contributed by atoms with E-state index in [1.807, 2.05) is 24.3 Å². The molecule has 0 N–H and O–H groups in total. The number of hydrogen-bond acceptors (Lipinski definition) is 6. The van der Waals surface area contributed by atoms with Gasteiger partial charge in [0.2, 0.25) is 5.76 Å². The van der Waals surface area contributed by atoms with Gasteiger partial charge in [-0.2, -0.15) is 4.99 Å². The van der Waals surface area contributed by atoms with Crippen molar-refractivity contribution in [2.24, 2.45) is 4.99 Å². The number of fused-ring (bicyclic) bond motifs is 1. The van der Waals surface area contributed by atoms with E-state index in [0.717, 1.165) is 10.2 Å². The van der Waals surface area contributed by atoms with E-state index in [-0.39, 0.29) is 12.3 Å². The van der Waals surface area contributed by atoms with Crippen LogP contribution in [0.25, 0.3) is 10.2 Å². The van der Waals surface area contributed by atoms with Crippen molar-refractivity contribution >= 4 is 33.4 Å². The number of benzene rings is 1. The first-order chi connectivity index (χ1) is 11.2. The summed E-state index contributed by atoms with van der Waals surface area (Å²) in [5.41, 5.74) is 0.809. The molecule has 8 heteroatoms. The fourth-order valence-electron chi connectivity index (χ4n) is 2.08. The summed E-state index contributed by atoms with van der Waals surface area (Å²) in [7, 11) is 1.32. The Bertz CT molecular complexity index is 849. The van der Waals surface area contributed by atoms with Gasteiger partial charge < -0.3 is 18.8 Å². The van der Waals surface area contributed by atoms with Gasteiger partial charge in [-0.1, -0.05) is 23.5 Å². The Balaban J connectivity index is 2.06. The number of carbonyl (C=O) groups excluding carboxylic acids is 2. The summed E-state index contributed by atoms with van der Waals surface area (Å²) in [4.78, 5) is 28.3. The third-order valence-corrected chi connectivity index (χ3v) is 4.22. The SMILES string of the molecule is COC(=O)Cn1c(=NC(=O)C2=COCCO2)sc2ccccc21. The topological polar surface area (TPSA) is 79.1 Å². The van der Waals surface area contributed by atoms with Crippen LogP contribution in [0.5, 0.6) is 0 Å². The number of carbonyl (C=O) groups is 2.